The van der Waals surface area contributed by atoms with E-state index >= 15 is 0 Å². The molecule has 2 aliphatic heterocycles. The zero-order chi connectivity index (χ0) is 20.1. The fourth-order valence-corrected chi connectivity index (χ4v) is 5.72. The van der Waals surface area contributed by atoms with Crippen LogP contribution in [0.15, 0.2) is 29.2 Å². The fourth-order valence-electron chi connectivity index (χ4n) is 3.68. The first kappa shape index (κ1) is 19.2. The van der Waals surface area contributed by atoms with Crippen molar-refractivity contribution in [1.82, 2.24) is 30.8 Å². The van der Waals surface area contributed by atoms with E-state index in [0.717, 1.165) is 4.90 Å². The van der Waals surface area contributed by atoms with Crippen LogP contribution in [-0.2, 0) is 9.59 Å². The van der Waals surface area contributed by atoms with Crippen LogP contribution in [0.3, 0.4) is 0 Å². The molecule has 0 saturated carbocycles. The molecule has 148 valence electrons. The lowest BCUT2D eigenvalue weighted by Gasteiger charge is -2.44. The maximum Gasteiger partial charge on any atom is 0.249 e. The number of β-lactam (4-membered cyclic amide) rings is 1. The number of hydrogen-bond donors (Lipinski definition) is 3. The molecular formula is C17H21N7O2S2. The van der Waals surface area contributed by atoms with Crippen molar-refractivity contribution in [3.05, 3.63) is 35.7 Å². The molecule has 1 aromatic carbocycles. The number of thioether (sulfide) groups is 2. The Labute approximate surface area is 170 Å². The van der Waals surface area contributed by atoms with E-state index in [2.05, 4.69) is 25.9 Å². The number of aromatic amines is 1. The van der Waals surface area contributed by atoms with Crippen molar-refractivity contribution >= 4 is 35.3 Å². The summed E-state index contributed by atoms with van der Waals surface area (Å²) in [6, 6.07) is 5.83. The summed E-state index contributed by atoms with van der Waals surface area (Å²) < 4.78 is -0.295. The third-order valence-electron chi connectivity index (χ3n) is 5.12. The molecule has 2 aliphatic rings. The molecule has 4 N–H and O–H groups in total. The van der Waals surface area contributed by atoms with Gasteiger partial charge < -0.3 is 16.0 Å². The molecule has 0 spiro atoms. The molecule has 1 aromatic heterocycles. The van der Waals surface area contributed by atoms with Gasteiger partial charge >= 0.3 is 0 Å². The van der Waals surface area contributed by atoms with E-state index in [1.165, 1.54) is 0 Å². The second kappa shape index (κ2) is 7.05. The lowest BCUT2D eigenvalue weighted by Crippen LogP contribution is -2.68. The number of nitrogens with zero attached hydrogens (tertiary/aromatic N) is 4. The van der Waals surface area contributed by atoms with Crippen LogP contribution >= 0.6 is 23.5 Å². The molecule has 4 rings (SSSR count). The van der Waals surface area contributed by atoms with Crippen LogP contribution in [0.4, 0.5) is 0 Å². The van der Waals surface area contributed by atoms with E-state index in [-0.39, 0.29) is 28.0 Å². The van der Waals surface area contributed by atoms with Gasteiger partial charge in [0.1, 0.15) is 23.5 Å². The lowest BCUT2D eigenvalue weighted by molar-refractivity contribution is -0.152. The highest BCUT2D eigenvalue weighted by atomic mass is 32.2. The van der Waals surface area contributed by atoms with Gasteiger partial charge in [-0.3, -0.25) is 9.59 Å². The summed E-state index contributed by atoms with van der Waals surface area (Å²) >= 11 is 3.24. The summed E-state index contributed by atoms with van der Waals surface area (Å²) in [7, 11) is 0. The monoisotopic (exact) mass is 419 g/mol. The molecule has 0 bridgehead atoms. The molecule has 9 nitrogen and oxygen atoms in total. The van der Waals surface area contributed by atoms with Crippen LogP contribution in [0.1, 0.15) is 37.3 Å². The normalized spacial score (nSPS) is 26.5. The molecular weight excluding hydrogens is 398 g/mol. The lowest BCUT2D eigenvalue weighted by atomic mass is 9.95. The van der Waals surface area contributed by atoms with E-state index in [0.29, 0.717) is 11.4 Å². The molecule has 2 aromatic rings. The summed E-state index contributed by atoms with van der Waals surface area (Å²) in [5, 5.41) is 16.6. The number of hydrogen-bond acceptors (Lipinski definition) is 8. The SMILES string of the molecule is CSc1ccc(C(N)C(=O)NC2C(=O)N3C(c4nnn[nH]4)C(C)(C)S[C@@H]23)cc1. The highest BCUT2D eigenvalue weighted by Gasteiger charge is 2.63. The Bertz CT molecular complexity index is 887. The summed E-state index contributed by atoms with van der Waals surface area (Å²) in [5.41, 5.74) is 6.83. The molecule has 3 unspecified atom stereocenters. The predicted octanol–water partition coefficient (Wildman–Crippen LogP) is 0.841. The highest BCUT2D eigenvalue weighted by Crippen LogP contribution is 2.56. The van der Waals surface area contributed by atoms with Gasteiger partial charge in [0.05, 0.1) is 0 Å². The van der Waals surface area contributed by atoms with E-state index < -0.39 is 12.1 Å². The Morgan fingerprint density at radius 2 is 2.11 bits per heavy atom. The number of aromatic nitrogens is 4. The molecule has 0 radical (unpaired) electrons. The average Bonchev–Trinajstić information content (AvgIpc) is 3.29. The van der Waals surface area contributed by atoms with Crippen molar-refractivity contribution in [3.63, 3.8) is 0 Å². The predicted molar refractivity (Wildman–Crippen MR) is 106 cm³/mol. The smallest absolute Gasteiger partial charge is 0.249 e. The Balaban J connectivity index is 1.46. The minimum Gasteiger partial charge on any atom is -0.340 e. The summed E-state index contributed by atoms with van der Waals surface area (Å²) in [6.45, 7) is 4.07. The van der Waals surface area contributed by atoms with Crippen molar-refractivity contribution in [2.24, 2.45) is 5.73 Å². The molecule has 2 fully saturated rings. The highest BCUT2D eigenvalue weighted by molar-refractivity contribution is 8.01. The Kier molecular flexibility index (Phi) is 4.84. The van der Waals surface area contributed by atoms with E-state index in [9.17, 15) is 9.59 Å². The van der Waals surface area contributed by atoms with Gasteiger partial charge in [-0.25, -0.2) is 5.10 Å². The number of H-pyrrole nitrogens is 1. The minimum atomic E-state index is -0.827. The number of carbonyl (C=O) groups excluding carboxylic acids is 2. The third-order valence-corrected chi connectivity index (χ3v) is 7.43. The number of nitrogens with one attached hydrogen (secondary N) is 2. The number of carbonyl (C=O) groups is 2. The first-order chi connectivity index (χ1) is 13.3. The summed E-state index contributed by atoms with van der Waals surface area (Å²) in [6.07, 6.45) is 1.98. The van der Waals surface area contributed by atoms with Crippen LogP contribution in [-0.4, -0.2) is 59.8 Å². The quantitative estimate of drug-likeness (QED) is 0.480. The molecule has 4 atom stereocenters. The Morgan fingerprint density at radius 1 is 1.39 bits per heavy atom. The summed E-state index contributed by atoms with van der Waals surface area (Å²) in [4.78, 5) is 28.3. The largest absolute Gasteiger partial charge is 0.340 e. The van der Waals surface area contributed by atoms with Crippen LogP contribution in [0.25, 0.3) is 0 Å². The van der Waals surface area contributed by atoms with Gasteiger partial charge in [-0.1, -0.05) is 12.1 Å². The van der Waals surface area contributed by atoms with Crippen LogP contribution < -0.4 is 11.1 Å². The van der Waals surface area contributed by atoms with E-state index in [4.69, 9.17) is 5.73 Å². The number of fused-ring (bicyclic) bond motifs is 1. The van der Waals surface area contributed by atoms with Crippen LogP contribution in [0.5, 0.6) is 0 Å². The second-order valence-corrected chi connectivity index (χ2v) is 9.93. The fraction of sp³-hybridized carbons (Fsp3) is 0.471. The minimum absolute atomic E-state index is 0.150. The van der Waals surface area contributed by atoms with Gasteiger partial charge in [0.15, 0.2) is 5.82 Å². The van der Waals surface area contributed by atoms with Gasteiger partial charge in [0.25, 0.3) is 0 Å². The molecule has 11 heteroatoms. The Morgan fingerprint density at radius 3 is 2.71 bits per heavy atom. The van der Waals surface area contributed by atoms with Crippen molar-refractivity contribution < 1.29 is 9.59 Å². The zero-order valence-electron chi connectivity index (χ0n) is 15.6. The van der Waals surface area contributed by atoms with Gasteiger partial charge in [-0.05, 0) is 48.2 Å². The maximum absolute atomic E-state index is 12.8. The third kappa shape index (κ3) is 3.07. The van der Waals surface area contributed by atoms with Crippen molar-refractivity contribution in [2.45, 2.75) is 47.0 Å². The van der Waals surface area contributed by atoms with Crippen LogP contribution in [0, 0.1) is 0 Å². The molecule has 28 heavy (non-hydrogen) atoms. The van der Waals surface area contributed by atoms with Crippen molar-refractivity contribution in [1.29, 1.82) is 0 Å². The standard InChI is InChI=1S/C17H21N7O2S2/c1-17(2)12(13-20-22-23-21-13)24-15(26)11(16(24)28-17)19-14(25)10(18)8-4-6-9(27-3)7-5-8/h4-7,10-12,16H,18H2,1-3H3,(H,19,25)(H,20,21,22,23)/t10?,11?,12?,16-/m0/s1. The number of amides is 2. The van der Waals surface area contributed by atoms with Gasteiger partial charge in [-0.15, -0.1) is 28.6 Å². The molecule has 3 heterocycles. The van der Waals surface area contributed by atoms with Gasteiger partial charge in [0.2, 0.25) is 11.8 Å². The van der Waals surface area contributed by atoms with Crippen molar-refractivity contribution in [3.8, 4) is 0 Å². The maximum atomic E-state index is 12.8. The Hall–Kier alpha value is -2.11. The number of rotatable bonds is 5. The number of nitrogens with two attached hydrogens (primary N) is 1. The topological polar surface area (TPSA) is 130 Å². The van der Waals surface area contributed by atoms with Crippen molar-refractivity contribution in [2.75, 3.05) is 6.26 Å². The number of benzene rings is 1. The average molecular weight is 420 g/mol. The van der Waals surface area contributed by atoms with E-state index in [1.54, 1.807) is 28.4 Å². The van der Waals surface area contributed by atoms with E-state index in [1.807, 2.05) is 44.4 Å². The van der Waals surface area contributed by atoms with Gasteiger partial charge in [-0.2, -0.15) is 0 Å². The zero-order valence-corrected chi connectivity index (χ0v) is 17.3. The molecule has 2 amide bonds. The van der Waals surface area contributed by atoms with Crippen LogP contribution in [0.2, 0.25) is 0 Å². The first-order valence-corrected chi connectivity index (χ1v) is 10.9. The molecule has 2 saturated heterocycles. The summed E-state index contributed by atoms with van der Waals surface area (Å²) in [5.74, 6) is 0.0320. The number of tetrazole rings is 1. The first-order valence-electron chi connectivity index (χ1n) is 8.77. The second-order valence-electron chi connectivity index (χ2n) is 7.28. The van der Waals surface area contributed by atoms with Gasteiger partial charge in [0, 0.05) is 9.64 Å². The molecule has 0 aliphatic carbocycles.